The van der Waals surface area contributed by atoms with E-state index in [1.807, 2.05) is 47.2 Å². The van der Waals surface area contributed by atoms with Crippen molar-refractivity contribution in [2.24, 2.45) is 0 Å². The minimum atomic E-state index is 0.812. The molecular formula is C16H16NO+. The number of aromatic nitrogens is 1. The molecule has 0 aliphatic heterocycles. The molecule has 0 saturated heterocycles. The third-order valence-corrected chi connectivity index (χ3v) is 2.84. The predicted octanol–water partition coefficient (Wildman–Crippen LogP) is 3.39. The number of nitrogens with zero attached hydrogens (tertiary/aromatic N) is 1. The van der Waals surface area contributed by atoms with Crippen molar-refractivity contribution in [1.82, 2.24) is 0 Å². The monoisotopic (exact) mass is 238 g/mol. The second kappa shape index (κ2) is 5.32. The molecule has 1 heterocycles. The fourth-order valence-electron chi connectivity index (χ4n) is 1.98. The van der Waals surface area contributed by atoms with Crippen LogP contribution in [-0.2, 0) is 0 Å². The van der Waals surface area contributed by atoms with Gasteiger partial charge in [-0.3, -0.25) is 0 Å². The lowest BCUT2D eigenvalue weighted by Crippen LogP contribution is -2.28. The normalized spacial score (nSPS) is 9.83. The summed E-state index contributed by atoms with van der Waals surface area (Å²) in [5.74, 6) is 0.812. The first-order valence-electron chi connectivity index (χ1n) is 5.74. The van der Waals surface area contributed by atoms with Gasteiger partial charge < -0.3 is 4.74 Å². The molecule has 0 atom stereocenters. The Morgan fingerprint density at radius 3 is 2.56 bits per heavy atom. The zero-order valence-corrected chi connectivity index (χ0v) is 10.5. The van der Waals surface area contributed by atoms with Crippen LogP contribution in [0.2, 0.25) is 0 Å². The molecule has 0 amide bonds. The van der Waals surface area contributed by atoms with Crippen LogP contribution in [-0.4, -0.2) is 7.11 Å². The maximum Gasteiger partial charge on any atom is 0.260 e. The first-order valence-corrected chi connectivity index (χ1v) is 5.74. The van der Waals surface area contributed by atoms with Gasteiger partial charge in [0.2, 0.25) is 0 Å². The SMILES string of the molecule is C=Cc1ccccc1-c1c(OC)ccc[n+]1C=C. The zero-order valence-electron chi connectivity index (χ0n) is 10.5. The number of pyridine rings is 1. The Bertz CT molecular complexity index is 587. The summed E-state index contributed by atoms with van der Waals surface area (Å²) < 4.78 is 7.38. The van der Waals surface area contributed by atoms with Gasteiger partial charge in [0.1, 0.15) is 0 Å². The number of hydrogen-bond acceptors (Lipinski definition) is 1. The lowest BCUT2D eigenvalue weighted by molar-refractivity contribution is -0.556. The van der Waals surface area contributed by atoms with Gasteiger partial charge in [0.25, 0.3) is 5.69 Å². The fraction of sp³-hybridized carbons (Fsp3) is 0.0625. The number of rotatable bonds is 4. The van der Waals surface area contributed by atoms with Crippen LogP contribution in [0.4, 0.5) is 0 Å². The molecule has 18 heavy (non-hydrogen) atoms. The summed E-state index contributed by atoms with van der Waals surface area (Å²) in [6, 6.07) is 11.9. The van der Waals surface area contributed by atoms with Gasteiger partial charge in [-0.05, 0) is 24.3 Å². The highest BCUT2D eigenvalue weighted by atomic mass is 16.5. The Morgan fingerprint density at radius 1 is 1.11 bits per heavy atom. The molecule has 0 aliphatic carbocycles. The van der Waals surface area contributed by atoms with Crippen LogP contribution >= 0.6 is 0 Å². The first-order chi connectivity index (χ1) is 8.81. The van der Waals surface area contributed by atoms with Crippen molar-refractivity contribution in [3.8, 4) is 17.0 Å². The summed E-state index contributed by atoms with van der Waals surface area (Å²) in [5, 5.41) is 0. The van der Waals surface area contributed by atoms with Crippen LogP contribution < -0.4 is 9.30 Å². The lowest BCUT2D eigenvalue weighted by Gasteiger charge is -2.08. The van der Waals surface area contributed by atoms with Crippen LogP contribution in [0.1, 0.15) is 5.56 Å². The first kappa shape index (κ1) is 12.1. The van der Waals surface area contributed by atoms with E-state index in [4.69, 9.17) is 4.74 Å². The predicted molar refractivity (Wildman–Crippen MR) is 75.1 cm³/mol. The molecule has 0 fully saturated rings. The molecule has 0 N–H and O–H groups in total. The van der Waals surface area contributed by atoms with Crippen LogP contribution in [0.5, 0.6) is 5.75 Å². The molecule has 1 aromatic carbocycles. The molecule has 0 aliphatic rings. The summed E-state index contributed by atoms with van der Waals surface area (Å²) >= 11 is 0. The van der Waals surface area contributed by atoms with Gasteiger partial charge in [0.05, 0.1) is 12.7 Å². The van der Waals surface area contributed by atoms with Gasteiger partial charge in [-0.25, -0.2) is 0 Å². The summed E-state index contributed by atoms with van der Waals surface area (Å²) in [6.45, 7) is 7.68. The van der Waals surface area contributed by atoms with Crippen LogP contribution in [0, 0.1) is 0 Å². The van der Waals surface area contributed by atoms with Gasteiger partial charge >= 0.3 is 0 Å². The van der Waals surface area contributed by atoms with Gasteiger partial charge in [-0.1, -0.05) is 30.9 Å². The summed E-state index contributed by atoms with van der Waals surface area (Å²) in [5.41, 5.74) is 3.12. The van der Waals surface area contributed by atoms with Crippen LogP contribution in [0.15, 0.2) is 55.8 Å². The van der Waals surface area contributed by atoms with Gasteiger partial charge in [-0.2, -0.15) is 4.57 Å². The minimum absolute atomic E-state index is 0.812. The third-order valence-electron chi connectivity index (χ3n) is 2.84. The van der Waals surface area contributed by atoms with Crippen molar-refractivity contribution in [2.45, 2.75) is 0 Å². The van der Waals surface area contributed by atoms with E-state index in [0.717, 1.165) is 22.6 Å². The molecule has 90 valence electrons. The molecule has 0 saturated carbocycles. The Hall–Kier alpha value is -2.35. The molecule has 2 rings (SSSR count). The average molecular weight is 238 g/mol. The van der Waals surface area contributed by atoms with Gasteiger partial charge in [0.15, 0.2) is 18.1 Å². The second-order valence-corrected chi connectivity index (χ2v) is 3.81. The summed E-state index contributed by atoms with van der Waals surface area (Å²) in [6.07, 6.45) is 5.55. The van der Waals surface area contributed by atoms with E-state index in [2.05, 4.69) is 19.2 Å². The number of methoxy groups -OCH3 is 1. The highest BCUT2D eigenvalue weighted by Gasteiger charge is 2.19. The molecule has 0 radical (unpaired) electrons. The largest absolute Gasteiger partial charge is 0.490 e. The second-order valence-electron chi connectivity index (χ2n) is 3.81. The zero-order chi connectivity index (χ0) is 13.0. The Morgan fingerprint density at radius 2 is 1.89 bits per heavy atom. The number of benzene rings is 1. The summed E-state index contributed by atoms with van der Waals surface area (Å²) in [4.78, 5) is 0. The minimum Gasteiger partial charge on any atom is -0.490 e. The van der Waals surface area contributed by atoms with Crippen molar-refractivity contribution in [1.29, 1.82) is 0 Å². The van der Waals surface area contributed by atoms with Crippen LogP contribution in [0.25, 0.3) is 23.5 Å². The van der Waals surface area contributed by atoms with Crippen molar-refractivity contribution < 1.29 is 9.30 Å². The molecule has 0 spiro atoms. The average Bonchev–Trinajstić information content (AvgIpc) is 2.46. The fourth-order valence-corrected chi connectivity index (χ4v) is 1.98. The highest BCUT2D eigenvalue weighted by molar-refractivity contribution is 5.74. The van der Waals surface area contributed by atoms with Crippen molar-refractivity contribution in [2.75, 3.05) is 7.11 Å². The lowest BCUT2D eigenvalue weighted by atomic mass is 10.0. The van der Waals surface area contributed by atoms with E-state index >= 15 is 0 Å². The Labute approximate surface area is 107 Å². The van der Waals surface area contributed by atoms with E-state index in [1.165, 1.54) is 0 Å². The molecule has 0 unspecified atom stereocenters. The molecule has 1 aromatic heterocycles. The molecule has 2 aromatic rings. The molecule has 2 nitrogen and oxygen atoms in total. The van der Waals surface area contributed by atoms with Crippen molar-refractivity contribution in [3.05, 3.63) is 61.3 Å². The maximum absolute atomic E-state index is 5.44. The standard InChI is InChI=1S/C16H16NO/c1-4-13-9-6-7-10-14(13)16-15(18-3)11-8-12-17(16)5-2/h4-12H,1-2H2,3H3/q+1. The smallest absolute Gasteiger partial charge is 0.260 e. The number of ether oxygens (including phenoxy) is 1. The van der Waals surface area contributed by atoms with Crippen molar-refractivity contribution in [3.63, 3.8) is 0 Å². The third kappa shape index (κ3) is 2.05. The van der Waals surface area contributed by atoms with Crippen LogP contribution in [0.3, 0.4) is 0 Å². The van der Waals surface area contributed by atoms with Crippen molar-refractivity contribution >= 4 is 12.3 Å². The highest BCUT2D eigenvalue weighted by Crippen LogP contribution is 2.29. The summed E-state index contributed by atoms with van der Waals surface area (Å²) in [7, 11) is 1.67. The molecular weight excluding hydrogens is 222 g/mol. The Balaban J connectivity index is 2.76. The van der Waals surface area contributed by atoms with Gasteiger partial charge in [-0.15, -0.1) is 0 Å². The topological polar surface area (TPSA) is 13.1 Å². The number of hydrogen-bond donors (Lipinski definition) is 0. The van der Waals surface area contributed by atoms with Gasteiger partial charge in [0, 0.05) is 6.07 Å². The van der Waals surface area contributed by atoms with E-state index in [9.17, 15) is 0 Å². The quantitative estimate of drug-likeness (QED) is 0.744. The Kier molecular flexibility index (Phi) is 3.58. The van der Waals surface area contributed by atoms with E-state index in [0.29, 0.717) is 0 Å². The van der Waals surface area contributed by atoms with E-state index < -0.39 is 0 Å². The van der Waals surface area contributed by atoms with E-state index in [1.54, 1.807) is 13.3 Å². The molecule has 2 heteroatoms. The maximum atomic E-state index is 5.44. The van der Waals surface area contributed by atoms with E-state index in [-0.39, 0.29) is 0 Å². The molecule has 0 bridgehead atoms.